The average Bonchev–Trinajstić information content (AvgIpc) is 3.20. The average molecular weight is 311 g/mol. The summed E-state index contributed by atoms with van der Waals surface area (Å²) in [6.07, 6.45) is 2.00. The van der Waals surface area contributed by atoms with Gasteiger partial charge in [0.25, 0.3) is 0 Å². The molecular weight excluding hydrogens is 294 g/mol. The lowest BCUT2D eigenvalue weighted by Gasteiger charge is -2.06. The number of benzene rings is 1. The molecule has 0 aromatic heterocycles. The van der Waals surface area contributed by atoms with Gasteiger partial charge in [-0.05, 0) is 36.5 Å². The van der Waals surface area contributed by atoms with Gasteiger partial charge in [0.15, 0.2) is 9.84 Å². The van der Waals surface area contributed by atoms with Gasteiger partial charge in [-0.2, -0.15) is 0 Å². The second-order valence-corrected chi connectivity index (χ2v) is 7.21. The molecule has 7 heteroatoms. The third-order valence-electron chi connectivity index (χ3n) is 3.24. The van der Waals surface area contributed by atoms with Crippen LogP contribution in [-0.4, -0.2) is 37.7 Å². The Kier molecular flexibility index (Phi) is 4.62. The standard InChI is InChI=1S/C14H17NO5S/c16-13(15-8-11-1-2-11)9-21(19,20)12-5-3-10(4-6-12)7-14(17)18/h3-6,11H,1-2,7-9H2,(H,15,16)(H,17,18). The Balaban J connectivity index is 1.97. The molecule has 1 saturated carbocycles. The molecule has 1 amide bonds. The minimum absolute atomic E-state index is 0.0261. The second-order valence-electron chi connectivity index (χ2n) is 5.22. The predicted octanol–water partition coefficient (Wildman–Crippen LogP) is 0.614. The first-order valence-electron chi connectivity index (χ1n) is 6.67. The summed E-state index contributed by atoms with van der Waals surface area (Å²) < 4.78 is 24.1. The lowest BCUT2D eigenvalue weighted by molar-refractivity contribution is -0.136. The normalized spacial score (nSPS) is 14.7. The van der Waals surface area contributed by atoms with E-state index >= 15 is 0 Å². The van der Waals surface area contributed by atoms with Crippen LogP contribution in [0.15, 0.2) is 29.2 Å². The largest absolute Gasteiger partial charge is 0.481 e. The van der Waals surface area contributed by atoms with Crippen molar-refractivity contribution in [3.05, 3.63) is 29.8 Å². The maximum atomic E-state index is 12.1. The van der Waals surface area contributed by atoms with Gasteiger partial charge in [-0.1, -0.05) is 12.1 Å². The van der Waals surface area contributed by atoms with Crippen LogP contribution >= 0.6 is 0 Å². The van der Waals surface area contributed by atoms with Crippen molar-refractivity contribution in [1.82, 2.24) is 5.32 Å². The highest BCUT2D eigenvalue weighted by molar-refractivity contribution is 7.92. The summed E-state index contributed by atoms with van der Waals surface area (Å²) in [5, 5.41) is 11.3. The summed E-state index contributed by atoms with van der Waals surface area (Å²) in [5.41, 5.74) is 0.514. The van der Waals surface area contributed by atoms with Crippen molar-refractivity contribution in [3.63, 3.8) is 0 Å². The molecule has 1 aliphatic rings. The molecule has 1 fully saturated rings. The van der Waals surface area contributed by atoms with Gasteiger partial charge in [0.05, 0.1) is 11.3 Å². The van der Waals surface area contributed by atoms with Crippen LogP contribution in [0.3, 0.4) is 0 Å². The van der Waals surface area contributed by atoms with E-state index in [0.29, 0.717) is 18.0 Å². The van der Waals surface area contributed by atoms with Crippen LogP contribution in [0.1, 0.15) is 18.4 Å². The number of nitrogens with one attached hydrogen (secondary N) is 1. The molecule has 1 aromatic carbocycles. The molecular formula is C14H17NO5S. The molecule has 0 heterocycles. The van der Waals surface area contributed by atoms with E-state index in [-0.39, 0.29) is 11.3 Å². The van der Waals surface area contributed by atoms with Crippen molar-refractivity contribution in [2.24, 2.45) is 5.92 Å². The van der Waals surface area contributed by atoms with E-state index in [1.165, 1.54) is 24.3 Å². The fourth-order valence-corrected chi connectivity index (χ4v) is 3.04. The van der Waals surface area contributed by atoms with Crippen LogP contribution < -0.4 is 5.32 Å². The van der Waals surface area contributed by atoms with Crippen molar-refractivity contribution in [3.8, 4) is 0 Å². The fourth-order valence-electron chi connectivity index (χ4n) is 1.88. The molecule has 2 rings (SSSR count). The number of amides is 1. The van der Waals surface area contributed by atoms with Gasteiger partial charge in [0.2, 0.25) is 5.91 Å². The molecule has 0 spiro atoms. The lowest BCUT2D eigenvalue weighted by atomic mass is 10.2. The summed E-state index contributed by atoms with van der Waals surface area (Å²) in [7, 11) is -3.69. The molecule has 0 atom stereocenters. The molecule has 6 nitrogen and oxygen atoms in total. The van der Waals surface area contributed by atoms with Crippen molar-refractivity contribution in [2.75, 3.05) is 12.3 Å². The number of carbonyl (C=O) groups excluding carboxylic acids is 1. The Labute approximate surface area is 123 Å². The number of sulfone groups is 1. The Hall–Kier alpha value is -1.89. The highest BCUT2D eigenvalue weighted by Crippen LogP contribution is 2.27. The van der Waals surface area contributed by atoms with Crippen LogP contribution in [0, 0.1) is 5.92 Å². The summed E-state index contributed by atoms with van der Waals surface area (Å²) in [6, 6.07) is 5.57. The molecule has 0 aliphatic heterocycles. The maximum Gasteiger partial charge on any atom is 0.307 e. The van der Waals surface area contributed by atoms with Crippen molar-refractivity contribution >= 4 is 21.7 Å². The smallest absolute Gasteiger partial charge is 0.307 e. The zero-order valence-corrected chi connectivity index (χ0v) is 12.2. The number of carboxylic acid groups (broad SMARTS) is 1. The van der Waals surface area contributed by atoms with Gasteiger partial charge < -0.3 is 10.4 Å². The van der Waals surface area contributed by atoms with Gasteiger partial charge in [0, 0.05) is 6.54 Å². The minimum Gasteiger partial charge on any atom is -0.481 e. The Morgan fingerprint density at radius 1 is 1.19 bits per heavy atom. The van der Waals surface area contributed by atoms with E-state index in [9.17, 15) is 18.0 Å². The third-order valence-corrected chi connectivity index (χ3v) is 4.88. The third kappa shape index (κ3) is 4.86. The summed E-state index contributed by atoms with van der Waals surface area (Å²) >= 11 is 0. The van der Waals surface area contributed by atoms with Crippen molar-refractivity contribution in [2.45, 2.75) is 24.2 Å². The molecule has 0 saturated heterocycles. The van der Waals surface area contributed by atoms with Crippen molar-refractivity contribution < 1.29 is 23.1 Å². The topological polar surface area (TPSA) is 101 Å². The van der Waals surface area contributed by atoms with Gasteiger partial charge in [-0.25, -0.2) is 8.42 Å². The molecule has 1 aromatic rings. The number of hydrogen-bond acceptors (Lipinski definition) is 4. The molecule has 0 radical (unpaired) electrons. The molecule has 1 aliphatic carbocycles. The van der Waals surface area contributed by atoms with E-state index in [1.807, 2.05) is 0 Å². The number of carboxylic acids is 1. The highest BCUT2D eigenvalue weighted by Gasteiger charge is 2.24. The summed E-state index contributed by atoms with van der Waals surface area (Å²) in [6.45, 7) is 0.534. The van der Waals surface area contributed by atoms with E-state index in [0.717, 1.165) is 12.8 Å². The quantitative estimate of drug-likeness (QED) is 0.768. The summed E-state index contributed by atoms with van der Waals surface area (Å²) in [5.74, 6) is -1.58. The van der Waals surface area contributed by atoms with E-state index in [1.54, 1.807) is 0 Å². The molecule has 21 heavy (non-hydrogen) atoms. The van der Waals surface area contributed by atoms with Crippen molar-refractivity contribution in [1.29, 1.82) is 0 Å². The Bertz CT molecular complexity index is 632. The predicted molar refractivity (Wildman–Crippen MR) is 75.6 cm³/mol. The fraction of sp³-hybridized carbons (Fsp3) is 0.429. The molecule has 114 valence electrons. The van der Waals surface area contributed by atoms with Gasteiger partial charge in [0.1, 0.15) is 5.75 Å². The van der Waals surface area contributed by atoms with Crippen LogP contribution in [-0.2, 0) is 25.8 Å². The molecule has 2 N–H and O–H groups in total. The monoisotopic (exact) mass is 311 g/mol. The van der Waals surface area contributed by atoms with Gasteiger partial charge >= 0.3 is 5.97 Å². The maximum absolute atomic E-state index is 12.1. The Morgan fingerprint density at radius 2 is 1.81 bits per heavy atom. The van der Waals surface area contributed by atoms with E-state index < -0.39 is 27.5 Å². The molecule has 0 unspecified atom stereocenters. The first-order valence-corrected chi connectivity index (χ1v) is 8.32. The summed E-state index contributed by atoms with van der Waals surface area (Å²) in [4.78, 5) is 22.2. The number of rotatable bonds is 7. The van der Waals surface area contributed by atoms with Gasteiger partial charge in [-0.3, -0.25) is 9.59 Å². The number of aliphatic carboxylic acids is 1. The first kappa shape index (κ1) is 15.5. The lowest BCUT2D eigenvalue weighted by Crippen LogP contribution is -2.31. The highest BCUT2D eigenvalue weighted by atomic mass is 32.2. The SMILES string of the molecule is O=C(O)Cc1ccc(S(=O)(=O)CC(=O)NCC2CC2)cc1. The second kappa shape index (κ2) is 6.26. The van der Waals surface area contributed by atoms with E-state index in [4.69, 9.17) is 5.11 Å². The number of carbonyl (C=O) groups is 2. The van der Waals surface area contributed by atoms with Crippen LogP contribution in [0.25, 0.3) is 0 Å². The van der Waals surface area contributed by atoms with Crippen LogP contribution in [0.4, 0.5) is 0 Å². The minimum atomic E-state index is -3.69. The first-order chi connectivity index (χ1) is 9.87. The van der Waals surface area contributed by atoms with Crippen LogP contribution in [0.2, 0.25) is 0 Å². The molecule has 0 bridgehead atoms. The van der Waals surface area contributed by atoms with Gasteiger partial charge in [-0.15, -0.1) is 0 Å². The van der Waals surface area contributed by atoms with Crippen LogP contribution in [0.5, 0.6) is 0 Å². The Morgan fingerprint density at radius 3 is 2.33 bits per heavy atom. The van der Waals surface area contributed by atoms with E-state index in [2.05, 4.69) is 5.32 Å². The zero-order valence-electron chi connectivity index (χ0n) is 11.4. The number of hydrogen-bond donors (Lipinski definition) is 2. The zero-order chi connectivity index (χ0) is 15.5.